The van der Waals surface area contributed by atoms with Crippen LogP contribution in [0.1, 0.15) is 37.8 Å². The summed E-state index contributed by atoms with van der Waals surface area (Å²) in [6.07, 6.45) is -0.401. The topological polar surface area (TPSA) is 93.2 Å². The predicted molar refractivity (Wildman–Crippen MR) is 130 cm³/mol. The van der Waals surface area contributed by atoms with Crippen molar-refractivity contribution in [3.8, 4) is 11.1 Å². The summed E-state index contributed by atoms with van der Waals surface area (Å²) in [7, 11) is 0. The highest BCUT2D eigenvalue weighted by atomic mass is 16.7. The summed E-state index contributed by atoms with van der Waals surface area (Å²) in [6.45, 7) is 0.996. The Morgan fingerprint density at radius 1 is 0.730 bits per heavy atom. The molecule has 0 N–H and O–H groups in total. The lowest BCUT2D eigenvalue weighted by Gasteiger charge is -2.21. The summed E-state index contributed by atoms with van der Waals surface area (Å²) in [4.78, 5) is 57.3. The van der Waals surface area contributed by atoms with E-state index in [0.29, 0.717) is 18.2 Å². The SMILES string of the molecule is O=C(ON1C(=O)c2ccccc2C1=O)C1[C@H]2CN(C(=O)OCC3c4ccccc4-c4ccccc43)C[C@@H]12. The number of likely N-dealkylation sites (tertiary alicyclic amines) is 1. The van der Waals surface area contributed by atoms with Gasteiger partial charge in [0.2, 0.25) is 0 Å². The van der Waals surface area contributed by atoms with E-state index in [1.54, 1.807) is 17.0 Å². The molecule has 3 atom stereocenters. The summed E-state index contributed by atoms with van der Waals surface area (Å²) in [5, 5.41) is 0.546. The largest absolute Gasteiger partial charge is 0.448 e. The summed E-state index contributed by atoms with van der Waals surface area (Å²) >= 11 is 0. The number of hydrogen-bond acceptors (Lipinski definition) is 6. The fraction of sp³-hybridized carbons (Fsp3) is 0.241. The highest BCUT2D eigenvalue weighted by molar-refractivity contribution is 6.20. The molecule has 3 aromatic rings. The van der Waals surface area contributed by atoms with Crippen molar-refractivity contribution < 1.29 is 28.8 Å². The van der Waals surface area contributed by atoms with E-state index in [1.807, 2.05) is 24.3 Å². The van der Waals surface area contributed by atoms with Gasteiger partial charge in [0.05, 0.1) is 17.0 Å². The number of fused-ring (bicyclic) bond motifs is 5. The Hall–Kier alpha value is -4.46. The van der Waals surface area contributed by atoms with Crippen LogP contribution in [0.3, 0.4) is 0 Å². The van der Waals surface area contributed by atoms with Gasteiger partial charge in [0, 0.05) is 19.0 Å². The number of hydroxylamine groups is 2. The zero-order valence-electron chi connectivity index (χ0n) is 19.7. The number of amides is 3. The molecule has 2 aliphatic heterocycles. The molecule has 1 saturated heterocycles. The Labute approximate surface area is 212 Å². The Balaban J connectivity index is 0.954. The lowest BCUT2D eigenvalue weighted by Crippen LogP contribution is -2.36. The van der Waals surface area contributed by atoms with Gasteiger partial charge < -0.3 is 14.5 Å². The maximum Gasteiger partial charge on any atom is 0.409 e. The number of piperidine rings is 1. The molecular formula is C29H22N2O6. The molecule has 0 aromatic heterocycles. The average molecular weight is 495 g/mol. The molecular weight excluding hydrogens is 472 g/mol. The van der Waals surface area contributed by atoms with E-state index in [1.165, 1.54) is 23.3 Å². The Morgan fingerprint density at radius 3 is 1.76 bits per heavy atom. The fourth-order valence-corrected chi connectivity index (χ4v) is 6.11. The second-order valence-electron chi connectivity index (χ2n) is 9.92. The van der Waals surface area contributed by atoms with Crippen molar-refractivity contribution in [1.29, 1.82) is 0 Å². The van der Waals surface area contributed by atoms with Gasteiger partial charge in [0.25, 0.3) is 11.8 Å². The van der Waals surface area contributed by atoms with Gasteiger partial charge in [-0.05, 0) is 46.2 Å². The molecule has 4 aliphatic rings. The van der Waals surface area contributed by atoms with Crippen molar-refractivity contribution in [2.24, 2.45) is 17.8 Å². The summed E-state index contributed by atoms with van der Waals surface area (Å²) in [5.41, 5.74) is 5.07. The number of carbonyl (C=O) groups is 4. The second kappa shape index (κ2) is 8.03. The van der Waals surface area contributed by atoms with E-state index in [2.05, 4.69) is 24.3 Å². The first-order chi connectivity index (χ1) is 18.0. The number of carbonyl (C=O) groups excluding carboxylic acids is 4. The van der Waals surface area contributed by atoms with Crippen molar-refractivity contribution >= 4 is 23.9 Å². The predicted octanol–water partition coefficient (Wildman–Crippen LogP) is 3.87. The lowest BCUT2D eigenvalue weighted by molar-refractivity contribution is -0.171. The molecule has 0 bridgehead atoms. The molecule has 2 fully saturated rings. The first-order valence-electron chi connectivity index (χ1n) is 12.3. The van der Waals surface area contributed by atoms with Crippen molar-refractivity contribution in [3.05, 3.63) is 95.1 Å². The maximum atomic E-state index is 12.8. The third kappa shape index (κ3) is 3.28. The van der Waals surface area contributed by atoms with Gasteiger partial charge in [-0.2, -0.15) is 0 Å². The highest BCUT2D eigenvalue weighted by Gasteiger charge is 2.62. The molecule has 8 heteroatoms. The number of nitrogens with zero attached hydrogens (tertiary/aromatic N) is 2. The van der Waals surface area contributed by atoms with Gasteiger partial charge >= 0.3 is 12.1 Å². The van der Waals surface area contributed by atoms with Gasteiger partial charge in [-0.1, -0.05) is 65.7 Å². The van der Waals surface area contributed by atoms with Crippen LogP contribution >= 0.6 is 0 Å². The van der Waals surface area contributed by atoms with E-state index >= 15 is 0 Å². The summed E-state index contributed by atoms with van der Waals surface area (Å²) in [6, 6.07) is 22.7. The normalized spacial score (nSPS) is 22.9. The number of rotatable bonds is 4. The molecule has 1 unspecified atom stereocenters. The first-order valence-corrected chi connectivity index (χ1v) is 12.3. The first kappa shape index (κ1) is 21.8. The molecule has 7 rings (SSSR count). The van der Waals surface area contributed by atoms with E-state index in [-0.39, 0.29) is 35.5 Å². The van der Waals surface area contributed by atoms with Crippen LogP contribution in [0.5, 0.6) is 0 Å². The van der Waals surface area contributed by atoms with Crippen LogP contribution in [0.25, 0.3) is 11.1 Å². The number of hydrogen-bond donors (Lipinski definition) is 0. The Kier molecular flexibility index (Phi) is 4.73. The minimum absolute atomic E-state index is 0.0177. The number of benzene rings is 3. The van der Waals surface area contributed by atoms with E-state index in [4.69, 9.17) is 9.57 Å². The molecule has 2 aliphatic carbocycles. The third-order valence-electron chi connectivity index (χ3n) is 8.00. The molecule has 3 aromatic carbocycles. The van der Waals surface area contributed by atoms with Crippen molar-refractivity contribution in [3.63, 3.8) is 0 Å². The Bertz CT molecular complexity index is 1410. The standard InChI is InChI=1S/C29H22N2O6/c32-26-20-11-5-6-12-21(20)27(33)31(26)37-28(34)25-22-13-30(14-23(22)25)29(35)36-15-24-18-9-3-1-7-16(18)17-8-2-4-10-19(17)24/h1-12,22-25H,13-15H2/t22-,23+,25?. The molecule has 3 amide bonds. The molecule has 2 heterocycles. The number of ether oxygens (including phenoxy) is 1. The van der Waals surface area contributed by atoms with Gasteiger partial charge in [0.1, 0.15) is 6.61 Å². The van der Waals surface area contributed by atoms with Gasteiger partial charge in [0.15, 0.2) is 0 Å². The lowest BCUT2D eigenvalue weighted by atomic mass is 9.98. The van der Waals surface area contributed by atoms with Gasteiger partial charge in [-0.3, -0.25) is 9.59 Å². The van der Waals surface area contributed by atoms with Crippen LogP contribution < -0.4 is 0 Å². The quantitative estimate of drug-likeness (QED) is 0.512. The zero-order valence-corrected chi connectivity index (χ0v) is 19.7. The van der Waals surface area contributed by atoms with Crippen LogP contribution in [0.2, 0.25) is 0 Å². The summed E-state index contributed by atoms with van der Waals surface area (Å²) in [5.74, 6) is -2.49. The molecule has 1 saturated carbocycles. The van der Waals surface area contributed by atoms with E-state index in [0.717, 1.165) is 11.1 Å². The maximum absolute atomic E-state index is 12.8. The van der Waals surface area contributed by atoms with Crippen LogP contribution in [0.4, 0.5) is 4.79 Å². The zero-order chi connectivity index (χ0) is 25.3. The van der Waals surface area contributed by atoms with E-state index < -0.39 is 29.8 Å². The molecule has 184 valence electrons. The number of imide groups is 1. The Morgan fingerprint density at radius 2 is 1.22 bits per heavy atom. The van der Waals surface area contributed by atoms with Crippen LogP contribution in [0, 0.1) is 17.8 Å². The van der Waals surface area contributed by atoms with Gasteiger partial charge in [-0.15, -0.1) is 0 Å². The molecule has 8 nitrogen and oxygen atoms in total. The van der Waals surface area contributed by atoms with Crippen LogP contribution in [-0.4, -0.2) is 53.5 Å². The fourth-order valence-electron chi connectivity index (χ4n) is 6.11. The minimum Gasteiger partial charge on any atom is -0.448 e. The van der Waals surface area contributed by atoms with Crippen molar-refractivity contribution in [1.82, 2.24) is 9.96 Å². The minimum atomic E-state index is -0.639. The van der Waals surface area contributed by atoms with Crippen molar-refractivity contribution in [2.75, 3.05) is 19.7 Å². The smallest absolute Gasteiger partial charge is 0.409 e. The van der Waals surface area contributed by atoms with Crippen LogP contribution in [0.15, 0.2) is 72.8 Å². The average Bonchev–Trinajstić information content (AvgIpc) is 3.19. The monoisotopic (exact) mass is 494 g/mol. The van der Waals surface area contributed by atoms with Gasteiger partial charge in [-0.25, -0.2) is 9.59 Å². The van der Waals surface area contributed by atoms with Crippen molar-refractivity contribution in [2.45, 2.75) is 5.92 Å². The van der Waals surface area contributed by atoms with E-state index in [9.17, 15) is 19.2 Å². The third-order valence-corrected chi connectivity index (χ3v) is 8.00. The second-order valence-corrected chi connectivity index (χ2v) is 9.92. The molecule has 37 heavy (non-hydrogen) atoms. The van der Waals surface area contributed by atoms with Crippen LogP contribution in [-0.2, 0) is 14.4 Å². The molecule has 0 spiro atoms. The summed E-state index contributed by atoms with van der Waals surface area (Å²) < 4.78 is 5.73. The highest BCUT2D eigenvalue weighted by Crippen LogP contribution is 2.53. The molecule has 0 radical (unpaired) electrons.